The van der Waals surface area contributed by atoms with E-state index in [4.69, 9.17) is 4.74 Å². The van der Waals surface area contributed by atoms with Crippen LogP contribution >= 0.6 is 15.9 Å². The maximum atomic E-state index is 9.48. The summed E-state index contributed by atoms with van der Waals surface area (Å²) in [6.45, 7) is 0.956. The van der Waals surface area contributed by atoms with Gasteiger partial charge in [-0.05, 0) is 22.4 Å². The van der Waals surface area contributed by atoms with Crippen molar-refractivity contribution >= 4 is 27.7 Å². The molecule has 1 aromatic heterocycles. The SMILES string of the molecule is CNc1ncc(Br)c(NCCC(O)COC)n1. The molecule has 0 aliphatic rings. The molecule has 1 heterocycles. The van der Waals surface area contributed by atoms with Gasteiger partial charge in [0.05, 0.1) is 17.2 Å². The van der Waals surface area contributed by atoms with E-state index in [1.165, 1.54) is 0 Å². The van der Waals surface area contributed by atoms with Gasteiger partial charge in [-0.2, -0.15) is 4.98 Å². The van der Waals surface area contributed by atoms with Gasteiger partial charge in [-0.15, -0.1) is 0 Å². The molecule has 7 heteroatoms. The second-order valence-corrected chi connectivity index (χ2v) is 4.32. The molecule has 1 unspecified atom stereocenters. The fourth-order valence-electron chi connectivity index (χ4n) is 1.24. The van der Waals surface area contributed by atoms with E-state index in [9.17, 15) is 5.11 Å². The second kappa shape index (κ2) is 7.41. The Bertz CT molecular complexity index is 351. The van der Waals surface area contributed by atoms with Crippen LogP contribution in [0.5, 0.6) is 0 Å². The highest BCUT2D eigenvalue weighted by atomic mass is 79.9. The number of rotatable bonds is 7. The van der Waals surface area contributed by atoms with Crippen molar-refractivity contribution < 1.29 is 9.84 Å². The fraction of sp³-hybridized carbons (Fsp3) is 0.600. The summed E-state index contributed by atoms with van der Waals surface area (Å²) < 4.78 is 5.63. The number of nitrogens with zero attached hydrogens (tertiary/aromatic N) is 2. The molecular formula is C10H17BrN4O2. The zero-order valence-corrected chi connectivity index (χ0v) is 11.5. The van der Waals surface area contributed by atoms with Gasteiger partial charge >= 0.3 is 0 Å². The molecule has 0 spiro atoms. The lowest BCUT2D eigenvalue weighted by Crippen LogP contribution is -2.19. The lowest BCUT2D eigenvalue weighted by molar-refractivity contribution is 0.0615. The van der Waals surface area contributed by atoms with Crippen molar-refractivity contribution in [1.82, 2.24) is 9.97 Å². The minimum atomic E-state index is -0.461. The average molecular weight is 305 g/mol. The van der Waals surface area contributed by atoms with E-state index in [0.717, 1.165) is 4.47 Å². The van der Waals surface area contributed by atoms with Crippen molar-refractivity contribution in [2.24, 2.45) is 0 Å². The number of aliphatic hydroxyl groups excluding tert-OH is 1. The van der Waals surface area contributed by atoms with Crippen LogP contribution in [-0.4, -0.2) is 48.5 Å². The molecule has 1 aromatic rings. The highest BCUT2D eigenvalue weighted by Gasteiger charge is 2.06. The first-order chi connectivity index (χ1) is 8.17. The number of nitrogens with one attached hydrogen (secondary N) is 2. The molecule has 17 heavy (non-hydrogen) atoms. The summed E-state index contributed by atoms with van der Waals surface area (Å²) >= 11 is 3.36. The molecule has 0 saturated heterocycles. The minimum absolute atomic E-state index is 0.342. The smallest absolute Gasteiger partial charge is 0.224 e. The molecule has 1 atom stereocenters. The second-order valence-electron chi connectivity index (χ2n) is 3.46. The van der Waals surface area contributed by atoms with Crippen LogP contribution in [0.2, 0.25) is 0 Å². The summed E-state index contributed by atoms with van der Waals surface area (Å²) in [7, 11) is 3.33. The van der Waals surface area contributed by atoms with Gasteiger partial charge in [0, 0.05) is 26.9 Å². The highest BCUT2D eigenvalue weighted by molar-refractivity contribution is 9.10. The average Bonchev–Trinajstić information content (AvgIpc) is 2.32. The minimum Gasteiger partial charge on any atom is -0.391 e. The third-order valence-corrected chi connectivity index (χ3v) is 2.68. The van der Waals surface area contributed by atoms with Crippen molar-refractivity contribution in [2.75, 3.05) is 37.9 Å². The van der Waals surface area contributed by atoms with Crippen LogP contribution in [0.15, 0.2) is 10.7 Å². The quantitative estimate of drug-likeness (QED) is 0.700. The Hall–Kier alpha value is -0.920. The van der Waals surface area contributed by atoms with Gasteiger partial charge in [0.15, 0.2) is 0 Å². The summed E-state index contributed by atoms with van der Waals surface area (Å²) in [4.78, 5) is 8.29. The summed E-state index contributed by atoms with van der Waals surface area (Å²) in [5.41, 5.74) is 0. The molecule has 0 saturated carbocycles. The van der Waals surface area contributed by atoms with E-state index in [0.29, 0.717) is 31.3 Å². The van der Waals surface area contributed by atoms with Gasteiger partial charge in [0.25, 0.3) is 0 Å². The molecular weight excluding hydrogens is 288 g/mol. The van der Waals surface area contributed by atoms with Gasteiger partial charge in [-0.25, -0.2) is 4.98 Å². The van der Waals surface area contributed by atoms with E-state index in [-0.39, 0.29) is 0 Å². The molecule has 0 amide bonds. The van der Waals surface area contributed by atoms with E-state index in [1.54, 1.807) is 20.4 Å². The van der Waals surface area contributed by atoms with Crippen LogP contribution in [0, 0.1) is 0 Å². The topological polar surface area (TPSA) is 79.3 Å². The molecule has 0 aliphatic heterocycles. The zero-order chi connectivity index (χ0) is 12.7. The molecule has 6 nitrogen and oxygen atoms in total. The predicted molar refractivity (Wildman–Crippen MR) is 70.3 cm³/mol. The maximum absolute atomic E-state index is 9.48. The van der Waals surface area contributed by atoms with Crippen molar-refractivity contribution in [1.29, 1.82) is 0 Å². The zero-order valence-electron chi connectivity index (χ0n) is 9.90. The first-order valence-corrected chi connectivity index (χ1v) is 6.07. The van der Waals surface area contributed by atoms with Crippen LogP contribution in [0.3, 0.4) is 0 Å². The van der Waals surface area contributed by atoms with Crippen LogP contribution < -0.4 is 10.6 Å². The largest absolute Gasteiger partial charge is 0.391 e. The molecule has 0 aliphatic carbocycles. The molecule has 1 rings (SSSR count). The normalized spacial score (nSPS) is 12.2. The first-order valence-electron chi connectivity index (χ1n) is 5.28. The number of ether oxygens (including phenoxy) is 1. The van der Waals surface area contributed by atoms with Crippen LogP contribution in [-0.2, 0) is 4.74 Å². The monoisotopic (exact) mass is 304 g/mol. The Labute approximate surface area is 109 Å². The Morgan fingerprint density at radius 3 is 3.00 bits per heavy atom. The molecule has 0 radical (unpaired) electrons. The number of hydrogen-bond acceptors (Lipinski definition) is 6. The van der Waals surface area contributed by atoms with Crippen molar-refractivity contribution in [2.45, 2.75) is 12.5 Å². The highest BCUT2D eigenvalue weighted by Crippen LogP contribution is 2.19. The molecule has 96 valence electrons. The number of methoxy groups -OCH3 is 1. The lowest BCUT2D eigenvalue weighted by Gasteiger charge is -2.11. The third kappa shape index (κ3) is 4.84. The van der Waals surface area contributed by atoms with E-state index >= 15 is 0 Å². The summed E-state index contributed by atoms with van der Waals surface area (Å²) in [5, 5.41) is 15.5. The lowest BCUT2D eigenvalue weighted by atomic mass is 10.2. The van der Waals surface area contributed by atoms with Gasteiger partial charge < -0.3 is 20.5 Å². The van der Waals surface area contributed by atoms with Gasteiger partial charge in [0.1, 0.15) is 5.82 Å². The van der Waals surface area contributed by atoms with Gasteiger partial charge in [-0.1, -0.05) is 0 Å². The molecule has 3 N–H and O–H groups in total. The maximum Gasteiger partial charge on any atom is 0.224 e. The number of halogens is 1. The van der Waals surface area contributed by atoms with Gasteiger partial charge in [-0.3, -0.25) is 0 Å². The predicted octanol–water partition coefficient (Wildman–Crippen LogP) is 1.09. The number of hydrogen-bond donors (Lipinski definition) is 3. The van der Waals surface area contributed by atoms with Crippen molar-refractivity contribution in [3.05, 3.63) is 10.7 Å². The van der Waals surface area contributed by atoms with E-state index in [1.807, 2.05) is 0 Å². The van der Waals surface area contributed by atoms with E-state index < -0.39 is 6.10 Å². The van der Waals surface area contributed by atoms with Gasteiger partial charge in [0.2, 0.25) is 5.95 Å². The van der Waals surface area contributed by atoms with Crippen LogP contribution in [0.1, 0.15) is 6.42 Å². The summed E-state index contributed by atoms with van der Waals surface area (Å²) in [5.74, 6) is 1.25. The Kier molecular flexibility index (Phi) is 6.17. The first kappa shape index (κ1) is 14.1. The van der Waals surface area contributed by atoms with E-state index in [2.05, 4.69) is 36.5 Å². The van der Waals surface area contributed by atoms with Crippen LogP contribution in [0.25, 0.3) is 0 Å². The molecule has 0 fully saturated rings. The fourth-order valence-corrected chi connectivity index (χ4v) is 1.58. The van der Waals surface area contributed by atoms with Crippen LogP contribution in [0.4, 0.5) is 11.8 Å². The molecule has 0 bridgehead atoms. The van der Waals surface area contributed by atoms with Crippen molar-refractivity contribution in [3.8, 4) is 0 Å². The summed E-state index contributed by atoms with van der Waals surface area (Å²) in [6, 6.07) is 0. The Morgan fingerprint density at radius 1 is 1.59 bits per heavy atom. The third-order valence-electron chi connectivity index (χ3n) is 2.10. The van der Waals surface area contributed by atoms with Crippen molar-refractivity contribution in [3.63, 3.8) is 0 Å². The number of aromatic nitrogens is 2. The number of anilines is 2. The Balaban J connectivity index is 2.45. The number of aliphatic hydroxyl groups is 1. The Morgan fingerprint density at radius 2 is 2.35 bits per heavy atom. The standard InChI is InChI=1S/C10H17BrN4O2/c1-12-10-14-5-8(11)9(15-10)13-4-3-7(16)6-17-2/h5,7,16H,3-4,6H2,1-2H3,(H2,12,13,14,15). The molecule has 0 aromatic carbocycles. The summed E-state index contributed by atoms with van der Waals surface area (Å²) in [6.07, 6.45) is 1.81.